The van der Waals surface area contributed by atoms with Crippen LogP contribution in [0, 0.1) is 7.14 Å². The molecule has 3 aromatic carbocycles. The van der Waals surface area contributed by atoms with Gasteiger partial charge in [0.05, 0.1) is 0 Å². The minimum atomic E-state index is 1.26. The number of halogens is 2. The molecule has 2 heteroatoms. The third kappa shape index (κ3) is 2.91. The van der Waals surface area contributed by atoms with Gasteiger partial charge in [-0.1, -0.05) is 66.7 Å². The number of hydrogen-bond acceptors (Lipinski definition) is 0. The predicted molar refractivity (Wildman–Crippen MR) is 103 cm³/mol. The highest BCUT2D eigenvalue weighted by atomic mass is 127. The van der Waals surface area contributed by atoms with Crippen LogP contribution < -0.4 is 0 Å². The molecule has 0 amide bonds. The summed E-state index contributed by atoms with van der Waals surface area (Å²) in [5, 5.41) is 0. The van der Waals surface area contributed by atoms with Crippen molar-refractivity contribution in [3.8, 4) is 22.3 Å². The van der Waals surface area contributed by atoms with E-state index in [1.165, 1.54) is 29.4 Å². The molecule has 20 heavy (non-hydrogen) atoms. The van der Waals surface area contributed by atoms with Crippen molar-refractivity contribution < 1.29 is 0 Å². The second-order valence-electron chi connectivity index (χ2n) is 4.54. The molecule has 98 valence electrons. The minimum absolute atomic E-state index is 1.26. The van der Waals surface area contributed by atoms with Crippen LogP contribution in [0.5, 0.6) is 0 Å². The Morgan fingerprint density at radius 1 is 0.500 bits per heavy atom. The molecule has 0 aliphatic carbocycles. The molecule has 0 aliphatic heterocycles. The van der Waals surface area contributed by atoms with Gasteiger partial charge in [0.1, 0.15) is 0 Å². The van der Waals surface area contributed by atoms with Crippen LogP contribution in [0.25, 0.3) is 22.3 Å². The molecule has 0 heterocycles. The summed E-state index contributed by atoms with van der Waals surface area (Å²) in [7, 11) is 0. The van der Waals surface area contributed by atoms with Gasteiger partial charge in [-0.2, -0.15) is 0 Å². The van der Waals surface area contributed by atoms with Crippen LogP contribution in [0.4, 0.5) is 0 Å². The smallest absolute Gasteiger partial charge is 0.0342 e. The van der Waals surface area contributed by atoms with Crippen molar-refractivity contribution in [2.75, 3.05) is 0 Å². The largest absolute Gasteiger partial charge is 0.0622 e. The Bertz CT molecular complexity index is 716. The van der Waals surface area contributed by atoms with Gasteiger partial charge in [-0.05, 0) is 73.5 Å². The van der Waals surface area contributed by atoms with Crippen LogP contribution in [0.15, 0.2) is 72.8 Å². The molecule has 0 spiro atoms. The Labute approximate surface area is 146 Å². The topological polar surface area (TPSA) is 0 Å². The van der Waals surface area contributed by atoms with Gasteiger partial charge >= 0.3 is 0 Å². The lowest BCUT2D eigenvalue weighted by Gasteiger charge is -2.08. The third-order valence-electron chi connectivity index (χ3n) is 3.25. The molecule has 0 saturated heterocycles. The van der Waals surface area contributed by atoms with Crippen LogP contribution in [-0.4, -0.2) is 0 Å². The quantitative estimate of drug-likeness (QED) is 0.380. The Kier molecular flexibility index (Phi) is 4.41. The van der Waals surface area contributed by atoms with Crippen LogP contribution in [0.2, 0.25) is 0 Å². The molecule has 0 nitrogen and oxygen atoms in total. The summed E-state index contributed by atoms with van der Waals surface area (Å²) in [6, 6.07) is 25.7. The molecule has 0 fully saturated rings. The summed E-state index contributed by atoms with van der Waals surface area (Å²) in [6.07, 6.45) is 0. The minimum Gasteiger partial charge on any atom is -0.0622 e. The van der Waals surface area contributed by atoms with Crippen molar-refractivity contribution in [1.82, 2.24) is 0 Å². The van der Waals surface area contributed by atoms with Crippen molar-refractivity contribution >= 4 is 45.2 Å². The fourth-order valence-corrected chi connectivity index (χ4v) is 3.37. The van der Waals surface area contributed by atoms with Gasteiger partial charge in [0.25, 0.3) is 0 Å². The van der Waals surface area contributed by atoms with E-state index in [0.717, 1.165) is 0 Å². The molecule has 3 rings (SSSR count). The second-order valence-corrected chi connectivity index (χ2v) is 6.79. The molecule has 0 aromatic heterocycles. The maximum Gasteiger partial charge on any atom is 0.0342 e. The first kappa shape index (κ1) is 14.1. The van der Waals surface area contributed by atoms with E-state index in [-0.39, 0.29) is 0 Å². The van der Waals surface area contributed by atoms with Gasteiger partial charge in [-0.3, -0.25) is 0 Å². The number of benzene rings is 3. The monoisotopic (exact) mass is 482 g/mol. The van der Waals surface area contributed by atoms with E-state index in [1.54, 1.807) is 0 Å². The first-order chi connectivity index (χ1) is 9.75. The lowest BCUT2D eigenvalue weighted by Crippen LogP contribution is -1.86. The molecule has 0 saturated carbocycles. The summed E-state index contributed by atoms with van der Waals surface area (Å²) in [5.74, 6) is 0. The summed E-state index contributed by atoms with van der Waals surface area (Å²) in [5.41, 5.74) is 5.09. The molecule has 3 aromatic rings. The molecule has 0 radical (unpaired) electrons. The van der Waals surface area contributed by atoms with Crippen molar-refractivity contribution in [2.24, 2.45) is 0 Å². The highest BCUT2D eigenvalue weighted by Crippen LogP contribution is 2.30. The van der Waals surface area contributed by atoms with Gasteiger partial charge in [0.2, 0.25) is 0 Å². The normalized spacial score (nSPS) is 10.5. The van der Waals surface area contributed by atoms with Crippen molar-refractivity contribution in [2.45, 2.75) is 0 Å². The molecular formula is C18H12I2. The fraction of sp³-hybridized carbons (Fsp3) is 0. The predicted octanol–water partition coefficient (Wildman–Crippen LogP) is 6.23. The summed E-state index contributed by atoms with van der Waals surface area (Å²) in [4.78, 5) is 0. The van der Waals surface area contributed by atoms with Gasteiger partial charge in [-0.15, -0.1) is 0 Å². The Morgan fingerprint density at radius 3 is 1.80 bits per heavy atom. The maximum atomic E-state index is 2.42. The van der Waals surface area contributed by atoms with E-state index >= 15 is 0 Å². The van der Waals surface area contributed by atoms with E-state index < -0.39 is 0 Å². The van der Waals surface area contributed by atoms with Crippen molar-refractivity contribution in [3.05, 3.63) is 79.9 Å². The summed E-state index contributed by atoms with van der Waals surface area (Å²) in [6.45, 7) is 0. The van der Waals surface area contributed by atoms with E-state index in [4.69, 9.17) is 0 Å². The van der Waals surface area contributed by atoms with Crippen LogP contribution in [0.3, 0.4) is 0 Å². The third-order valence-corrected chi connectivity index (χ3v) is 6.35. The number of hydrogen-bond donors (Lipinski definition) is 0. The van der Waals surface area contributed by atoms with Crippen LogP contribution >= 0.6 is 45.2 Å². The zero-order valence-electron chi connectivity index (χ0n) is 10.7. The molecule has 0 aliphatic rings. The highest BCUT2D eigenvalue weighted by Gasteiger charge is 2.06. The van der Waals surface area contributed by atoms with E-state index in [1.807, 2.05) is 6.07 Å². The van der Waals surface area contributed by atoms with E-state index in [2.05, 4.69) is 112 Å². The molecular weight excluding hydrogens is 470 g/mol. The average Bonchev–Trinajstić information content (AvgIpc) is 2.51. The van der Waals surface area contributed by atoms with Gasteiger partial charge in [0, 0.05) is 7.14 Å². The highest BCUT2D eigenvalue weighted by molar-refractivity contribution is 14.1. The maximum absolute atomic E-state index is 2.42. The second kappa shape index (κ2) is 6.26. The fourth-order valence-electron chi connectivity index (χ4n) is 2.20. The summed E-state index contributed by atoms with van der Waals surface area (Å²) >= 11 is 4.81. The average molecular weight is 482 g/mol. The van der Waals surface area contributed by atoms with Crippen LogP contribution in [0.1, 0.15) is 0 Å². The van der Waals surface area contributed by atoms with Crippen LogP contribution in [-0.2, 0) is 0 Å². The Balaban J connectivity index is 2.00. The van der Waals surface area contributed by atoms with E-state index in [9.17, 15) is 0 Å². The van der Waals surface area contributed by atoms with Gasteiger partial charge in [-0.25, -0.2) is 0 Å². The standard InChI is InChI=1S/C18H12I2/c19-17-8-4-7-16(18(17)20)15-11-9-14(10-12-15)13-5-2-1-3-6-13/h1-12H. The molecule has 0 unspecified atom stereocenters. The van der Waals surface area contributed by atoms with Crippen molar-refractivity contribution in [3.63, 3.8) is 0 Å². The first-order valence-electron chi connectivity index (χ1n) is 6.35. The number of rotatable bonds is 2. The molecule has 0 N–H and O–H groups in total. The van der Waals surface area contributed by atoms with E-state index in [0.29, 0.717) is 0 Å². The SMILES string of the molecule is Ic1cccc(-c2ccc(-c3ccccc3)cc2)c1I. The first-order valence-corrected chi connectivity index (χ1v) is 8.51. The summed E-state index contributed by atoms with van der Waals surface area (Å²) < 4.78 is 2.62. The molecule has 0 bridgehead atoms. The van der Waals surface area contributed by atoms with Crippen molar-refractivity contribution in [1.29, 1.82) is 0 Å². The zero-order valence-corrected chi connectivity index (χ0v) is 15.0. The zero-order chi connectivity index (χ0) is 13.9. The van der Waals surface area contributed by atoms with Gasteiger partial charge in [0.15, 0.2) is 0 Å². The Hall–Kier alpha value is -0.880. The van der Waals surface area contributed by atoms with Gasteiger partial charge < -0.3 is 0 Å². The lowest BCUT2D eigenvalue weighted by atomic mass is 10.0. The molecule has 0 atom stereocenters. The Morgan fingerprint density at radius 2 is 1.10 bits per heavy atom. The lowest BCUT2D eigenvalue weighted by molar-refractivity contribution is 1.53.